The molecule has 0 aromatic heterocycles. The minimum absolute atomic E-state index is 0.0718. The van der Waals surface area contributed by atoms with Gasteiger partial charge in [-0.2, -0.15) is 0 Å². The fourth-order valence-electron chi connectivity index (χ4n) is 9.11. The molecule has 7 nitrogen and oxygen atoms in total. The van der Waals surface area contributed by atoms with E-state index in [0.29, 0.717) is 12.1 Å². The third kappa shape index (κ3) is 7.69. The molecule has 4 atom stereocenters. The summed E-state index contributed by atoms with van der Waals surface area (Å²) < 4.78 is 0. The second-order valence-electron chi connectivity index (χ2n) is 14.5. The lowest BCUT2D eigenvalue weighted by Crippen LogP contribution is -2.56. The van der Waals surface area contributed by atoms with Gasteiger partial charge >= 0.3 is 0 Å². The molecule has 1 saturated carbocycles. The van der Waals surface area contributed by atoms with Crippen molar-refractivity contribution in [2.24, 2.45) is 5.92 Å². The quantitative estimate of drug-likeness (QED) is 0.265. The molecule has 0 radical (unpaired) electrons. The van der Waals surface area contributed by atoms with Gasteiger partial charge in [0.25, 0.3) is 0 Å². The van der Waals surface area contributed by atoms with Crippen LogP contribution < -0.4 is 10.6 Å². The lowest BCUT2D eigenvalue weighted by atomic mass is 9.83. The van der Waals surface area contributed by atoms with Gasteiger partial charge in [0.15, 0.2) is 0 Å². The Hall–Kier alpha value is -2.74. The van der Waals surface area contributed by atoms with E-state index in [0.717, 1.165) is 84.0 Å². The molecule has 4 aliphatic rings. The summed E-state index contributed by atoms with van der Waals surface area (Å²) in [6.07, 6.45) is 14.7. The van der Waals surface area contributed by atoms with E-state index < -0.39 is 6.04 Å². The largest absolute Gasteiger partial charge is 0.343 e. The molecule has 0 bridgehead atoms. The van der Waals surface area contributed by atoms with Crippen molar-refractivity contribution in [2.75, 3.05) is 46.8 Å². The maximum absolute atomic E-state index is 14.3. The van der Waals surface area contributed by atoms with Gasteiger partial charge in [-0.3, -0.25) is 19.4 Å². The van der Waals surface area contributed by atoms with Gasteiger partial charge in [-0.25, -0.2) is 0 Å². The predicted molar refractivity (Wildman–Crippen MR) is 186 cm³/mol. The molecule has 2 fully saturated rings. The van der Waals surface area contributed by atoms with Gasteiger partial charge in [0.1, 0.15) is 6.04 Å². The van der Waals surface area contributed by atoms with Crippen LogP contribution in [0.2, 0.25) is 0 Å². The average molecular weight is 628 g/mol. The van der Waals surface area contributed by atoms with E-state index in [1.54, 1.807) is 7.05 Å². The van der Waals surface area contributed by atoms with Crippen LogP contribution in [-0.2, 0) is 22.4 Å². The minimum atomic E-state index is -0.404. The van der Waals surface area contributed by atoms with Crippen molar-refractivity contribution in [1.29, 1.82) is 0 Å². The number of nitrogens with one attached hydrogen (secondary N) is 2. The zero-order valence-corrected chi connectivity index (χ0v) is 28.4. The number of carbonyl (C=O) groups excluding carboxylic acids is 2. The maximum atomic E-state index is 14.3. The number of nitrogens with zero attached hydrogens (tertiary/aromatic N) is 3. The number of likely N-dealkylation sites (tertiary alicyclic amines) is 1. The molecule has 2 aromatic carbocycles. The van der Waals surface area contributed by atoms with Crippen molar-refractivity contribution in [3.05, 3.63) is 70.8 Å². The number of likely N-dealkylation sites (N-methyl/N-ethyl adjacent to an activating group) is 1. The van der Waals surface area contributed by atoms with Crippen LogP contribution in [-0.4, -0.2) is 85.4 Å². The van der Waals surface area contributed by atoms with Gasteiger partial charge in [-0.15, -0.1) is 0 Å². The summed E-state index contributed by atoms with van der Waals surface area (Å²) in [5.41, 5.74) is 6.01. The van der Waals surface area contributed by atoms with Crippen LogP contribution in [0.25, 0.3) is 0 Å². The summed E-state index contributed by atoms with van der Waals surface area (Å²) >= 11 is 0. The molecule has 6 rings (SSSR count). The van der Waals surface area contributed by atoms with Crippen LogP contribution in [0.3, 0.4) is 0 Å². The molecular weight excluding hydrogens is 570 g/mol. The number of unbranched alkanes of at least 4 members (excludes halogenated alkanes) is 1. The number of amides is 2. The lowest BCUT2D eigenvalue weighted by molar-refractivity contribution is -0.139. The monoisotopic (exact) mass is 627 g/mol. The molecule has 2 amide bonds. The van der Waals surface area contributed by atoms with Gasteiger partial charge in [0, 0.05) is 31.2 Å². The summed E-state index contributed by atoms with van der Waals surface area (Å²) in [4.78, 5) is 34.5. The van der Waals surface area contributed by atoms with E-state index in [4.69, 9.17) is 0 Å². The number of benzene rings is 2. The molecule has 4 unspecified atom stereocenters. The second kappa shape index (κ2) is 15.9. The Balaban J connectivity index is 1.12. The van der Waals surface area contributed by atoms with Crippen molar-refractivity contribution in [3.63, 3.8) is 0 Å². The van der Waals surface area contributed by atoms with Gasteiger partial charge in [0.2, 0.25) is 11.8 Å². The first-order valence-corrected chi connectivity index (χ1v) is 18.4. The Bertz CT molecular complexity index is 1310. The summed E-state index contributed by atoms with van der Waals surface area (Å²) in [6, 6.07) is 18.7. The minimum Gasteiger partial charge on any atom is -0.343 e. The van der Waals surface area contributed by atoms with E-state index in [9.17, 15) is 9.59 Å². The van der Waals surface area contributed by atoms with E-state index in [-0.39, 0.29) is 30.3 Å². The lowest BCUT2D eigenvalue weighted by Gasteiger charge is -2.38. The van der Waals surface area contributed by atoms with E-state index in [1.807, 2.05) is 0 Å². The van der Waals surface area contributed by atoms with Crippen LogP contribution >= 0.6 is 0 Å². The van der Waals surface area contributed by atoms with Crippen molar-refractivity contribution in [1.82, 2.24) is 25.3 Å². The number of hydrogen-bond acceptors (Lipinski definition) is 5. The zero-order chi connectivity index (χ0) is 31.9. The Morgan fingerprint density at radius 2 is 1.48 bits per heavy atom. The highest BCUT2D eigenvalue weighted by Gasteiger charge is 2.40. The molecule has 7 heteroatoms. The SMILES string of the molecule is CNCC(=O)NC(C(=O)N1CCCC1CN(CCCCN(C)C1CCc2ccccc21)C1CCc2ccccc21)C1CCCCC1. The number of hydrogen-bond donors (Lipinski definition) is 2. The van der Waals surface area contributed by atoms with Gasteiger partial charge in [0.05, 0.1) is 6.54 Å². The average Bonchev–Trinajstić information content (AvgIpc) is 3.84. The smallest absolute Gasteiger partial charge is 0.245 e. The molecule has 1 saturated heterocycles. The van der Waals surface area contributed by atoms with Crippen LogP contribution in [0.4, 0.5) is 0 Å². The highest BCUT2D eigenvalue weighted by Crippen LogP contribution is 2.38. The van der Waals surface area contributed by atoms with Crippen LogP contribution in [0.5, 0.6) is 0 Å². The normalized spacial score (nSPS) is 23.6. The molecule has 1 heterocycles. The first-order valence-electron chi connectivity index (χ1n) is 18.4. The molecule has 2 aromatic rings. The molecule has 1 aliphatic heterocycles. The number of fused-ring (bicyclic) bond motifs is 2. The molecule has 250 valence electrons. The van der Waals surface area contributed by atoms with Crippen LogP contribution in [0, 0.1) is 5.92 Å². The fourth-order valence-corrected chi connectivity index (χ4v) is 9.11. The third-order valence-corrected chi connectivity index (χ3v) is 11.5. The van der Waals surface area contributed by atoms with Crippen molar-refractivity contribution in [3.8, 4) is 0 Å². The van der Waals surface area contributed by atoms with Crippen LogP contribution in [0.1, 0.15) is 105 Å². The van der Waals surface area contributed by atoms with Gasteiger partial charge in [-0.1, -0.05) is 67.8 Å². The topological polar surface area (TPSA) is 67.9 Å². The molecular formula is C39H57N5O2. The van der Waals surface area contributed by atoms with Gasteiger partial charge in [-0.05, 0) is 120 Å². The molecule has 46 heavy (non-hydrogen) atoms. The predicted octanol–water partition coefficient (Wildman–Crippen LogP) is 5.65. The number of carbonyl (C=O) groups is 2. The van der Waals surface area contributed by atoms with Crippen molar-refractivity contribution in [2.45, 2.75) is 108 Å². The Morgan fingerprint density at radius 1 is 0.826 bits per heavy atom. The van der Waals surface area contributed by atoms with E-state index >= 15 is 0 Å². The molecule has 3 aliphatic carbocycles. The van der Waals surface area contributed by atoms with Crippen molar-refractivity contribution < 1.29 is 9.59 Å². The fraction of sp³-hybridized carbons (Fsp3) is 0.641. The Labute approximate surface area is 277 Å². The first kappa shape index (κ1) is 33.2. The highest BCUT2D eigenvalue weighted by molar-refractivity contribution is 5.89. The molecule has 2 N–H and O–H groups in total. The maximum Gasteiger partial charge on any atom is 0.245 e. The zero-order valence-electron chi connectivity index (χ0n) is 28.4. The first-order chi connectivity index (χ1) is 22.5. The second-order valence-corrected chi connectivity index (χ2v) is 14.5. The van der Waals surface area contributed by atoms with Crippen LogP contribution in [0.15, 0.2) is 48.5 Å². The van der Waals surface area contributed by atoms with E-state index in [1.165, 1.54) is 47.9 Å². The van der Waals surface area contributed by atoms with E-state index in [2.05, 4.69) is 80.9 Å². The Kier molecular flexibility index (Phi) is 11.5. The molecule has 0 spiro atoms. The number of aryl methyl sites for hydroxylation is 2. The highest BCUT2D eigenvalue weighted by atomic mass is 16.2. The van der Waals surface area contributed by atoms with Crippen molar-refractivity contribution >= 4 is 11.8 Å². The standard InChI is InChI=1S/C39H57N5O2/c1-40-27-37(45)41-38(31-15-4-3-5-16-31)39(46)44-26-12-17-32(44)28-43(36-23-21-30-14-7-9-19-34(30)36)25-11-10-24-42(2)35-22-20-29-13-6-8-18-33(29)35/h6-9,13-14,18-19,31-32,35-36,38,40H,3-5,10-12,15-17,20-28H2,1-2H3,(H,41,45). The third-order valence-electron chi connectivity index (χ3n) is 11.5. The summed E-state index contributed by atoms with van der Waals surface area (Å²) in [5, 5.41) is 6.14. The summed E-state index contributed by atoms with van der Waals surface area (Å²) in [5.74, 6) is 0.325. The van der Waals surface area contributed by atoms with Gasteiger partial charge < -0.3 is 15.5 Å². The summed E-state index contributed by atoms with van der Waals surface area (Å²) in [6.45, 7) is 4.13. The number of rotatable bonds is 14. The summed E-state index contributed by atoms with van der Waals surface area (Å²) in [7, 11) is 4.09. The Morgan fingerprint density at radius 3 is 2.20 bits per heavy atom.